The van der Waals surface area contributed by atoms with Crippen LogP contribution in [0.25, 0.3) is 0 Å². The van der Waals surface area contributed by atoms with Crippen LogP contribution in [0.3, 0.4) is 0 Å². The highest BCUT2D eigenvalue weighted by Crippen LogP contribution is 2.30. The summed E-state index contributed by atoms with van der Waals surface area (Å²) in [6.07, 6.45) is 0.936. The normalized spacial score (nSPS) is 11.4. The molecule has 0 spiro atoms. The van der Waals surface area contributed by atoms with Gasteiger partial charge in [0.05, 0.1) is 17.4 Å². The van der Waals surface area contributed by atoms with Crippen molar-refractivity contribution in [3.05, 3.63) is 66.2 Å². The Bertz CT molecular complexity index is 1030. The van der Waals surface area contributed by atoms with Crippen LogP contribution in [0.1, 0.15) is 29.8 Å². The summed E-state index contributed by atoms with van der Waals surface area (Å²) < 4.78 is 37.9. The molecule has 0 fully saturated rings. The summed E-state index contributed by atoms with van der Waals surface area (Å²) in [7, 11) is 0. The number of hydrogen-bond donors (Lipinski definition) is 2. The average molecular weight is 433 g/mol. The molecule has 10 heteroatoms. The van der Waals surface area contributed by atoms with Crippen molar-refractivity contribution >= 4 is 35.0 Å². The minimum Gasteiger partial charge on any atom is -0.325 e. The average Bonchev–Trinajstić information content (AvgIpc) is 2.69. The number of aromatic nitrogens is 3. The number of pyridine rings is 3. The van der Waals surface area contributed by atoms with E-state index < -0.39 is 11.7 Å². The molecule has 0 radical (unpaired) electrons. The van der Waals surface area contributed by atoms with Crippen LogP contribution in [0.5, 0.6) is 0 Å². The molecule has 0 unspecified atom stereocenters. The highest BCUT2D eigenvalue weighted by atomic mass is 32.2. The third-order valence-electron chi connectivity index (χ3n) is 3.76. The number of amides is 1. The monoisotopic (exact) mass is 433 g/mol. The van der Waals surface area contributed by atoms with E-state index in [2.05, 4.69) is 25.6 Å². The van der Waals surface area contributed by atoms with Crippen molar-refractivity contribution in [1.29, 1.82) is 0 Å². The molecule has 6 nitrogen and oxygen atoms in total. The molecule has 30 heavy (non-hydrogen) atoms. The number of carbonyl (C=O) groups excluding carboxylic acids is 1. The van der Waals surface area contributed by atoms with E-state index in [0.29, 0.717) is 16.5 Å². The molecule has 3 aromatic heterocycles. The molecule has 156 valence electrons. The van der Waals surface area contributed by atoms with Gasteiger partial charge in [0.2, 0.25) is 0 Å². The Morgan fingerprint density at radius 1 is 1.03 bits per heavy atom. The molecule has 1 amide bonds. The van der Waals surface area contributed by atoms with Crippen LogP contribution < -0.4 is 10.6 Å². The summed E-state index contributed by atoms with van der Waals surface area (Å²) >= 11 is 1.60. The van der Waals surface area contributed by atoms with Crippen LogP contribution in [0.4, 0.5) is 30.5 Å². The molecule has 3 heterocycles. The van der Waals surface area contributed by atoms with Crippen LogP contribution in [0, 0.1) is 0 Å². The Hall–Kier alpha value is -3.14. The number of anilines is 3. The van der Waals surface area contributed by atoms with Gasteiger partial charge in [-0.05, 0) is 30.3 Å². The Labute approximate surface area is 175 Å². The Morgan fingerprint density at radius 2 is 1.83 bits per heavy atom. The molecule has 0 aromatic carbocycles. The maximum Gasteiger partial charge on any atom is 0.417 e. The Balaban J connectivity index is 1.73. The first-order valence-corrected chi connectivity index (χ1v) is 9.78. The number of hydrogen-bond acceptors (Lipinski definition) is 6. The van der Waals surface area contributed by atoms with Crippen LogP contribution >= 0.6 is 11.8 Å². The summed E-state index contributed by atoms with van der Waals surface area (Å²) in [5.41, 5.74) is 0.0707. The van der Waals surface area contributed by atoms with Gasteiger partial charge in [-0.2, -0.15) is 13.2 Å². The maximum atomic E-state index is 12.7. The number of nitrogens with one attached hydrogen (secondary N) is 2. The smallest absolute Gasteiger partial charge is 0.325 e. The first kappa shape index (κ1) is 21.6. The van der Waals surface area contributed by atoms with E-state index in [1.807, 2.05) is 19.9 Å². The van der Waals surface area contributed by atoms with Gasteiger partial charge in [-0.15, -0.1) is 11.8 Å². The Kier molecular flexibility index (Phi) is 6.56. The van der Waals surface area contributed by atoms with E-state index in [1.54, 1.807) is 24.2 Å². The Morgan fingerprint density at radius 3 is 2.50 bits per heavy atom. The van der Waals surface area contributed by atoms with E-state index in [1.165, 1.54) is 24.4 Å². The summed E-state index contributed by atoms with van der Waals surface area (Å²) in [6.45, 7) is 4.10. The zero-order valence-corrected chi connectivity index (χ0v) is 16.9. The summed E-state index contributed by atoms with van der Waals surface area (Å²) in [5, 5.41) is 5.95. The van der Waals surface area contributed by atoms with Crippen LogP contribution in [-0.4, -0.2) is 26.1 Å². The van der Waals surface area contributed by atoms with Crippen molar-refractivity contribution < 1.29 is 18.0 Å². The minimum absolute atomic E-state index is 0.177. The van der Waals surface area contributed by atoms with Gasteiger partial charge in [0.1, 0.15) is 11.6 Å². The fraction of sp³-hybridized carbons (Fsp3) is 0.200. The largest absolute Gasteiger partial charge is 0.417 e. The lowest BCUT2D eigenvalue weighted by Gasteiger charge is -2.12. The predicted octanol–water partition coefficient (Wildman–Crippen LogP) is 5.39. The fourth-order valence-corrected chi connectivity index (χ4v) is 3.31. The number of nitrogens with zero attached hydrogens (tertiary/aromatic N) is 3. The standard InChI is InChI=1S/C20H18F3N5OS/c1-12(2)30-16-6-7-24-11-15(16)27-19(29)13-5-8-25-18(9-13)28-17-4-3-14(10-26-17)20(21,22)23/h3-12H,1-2H3,(H,27,29)(H,25,26,28). The van der Waals surface area contributed by atoms with Crippen LogP contribution in [0.15, 0.2) is 60.0 Å². The molecule has 2 N–H and O–H groups in total. The van der Waals surface area contributed by atoms with E-state index in [4.69, 9.17) is 0 Å². The van der Waals surface area contributed by atoms with E-state index in [-0.39, 0.29) is 17.5 Å². The zero-order chi connectivity index (χ0) is 21.7. The lowest BCUT2D eigenvalue weighted by atomic mass is 10.2. The first-order chi connectivity index (χ1) is 14.2. The second-order valence-electron chi connectivity index (χ2n) is 6.48. The third kappa shape index (κ3) is 5.69. The zero-order valence-electron chi connectivity index (χ0n) is 16.1. The van der Waals surface area contributed by atoms with Gasteiger partial charge in [-0.25, -0.2) is 9.97 Å². The molecule has 0 aliphatic carbocycles. The highest BCUT2D eigenvalue weighted by molar-refractivity contribution is 8.00. The second kappa shape index (κ2) is 9.12. The highest BCUT2D eigenvalue weighted by Gasteiger charge is 2.30. The topological polar surface area (TPSA) is 79.8 Å². The first-order valence-electron chi connectivity index (χ1n) is 8.91. The SMILES string of the molecule is CC(C)Sc1ccncc1NC(=O)c1ccnc(Nc2ccc(C(F)(F)F)cn2)c1. The molecule has 0 aliphatic heterocycles. The number of thioether (sulfide) groups is 1. The number of carbonyl (C=O) groups is 1. The fourth-order valence-electron chi connectivity index (χ4n) is 2.43. The van der Waals surface area contributed by atoms with Gasteiger partial charge in [-0.1, -0.05) is 13.8 Å². The van der Waals surface area contributed by atoms with Crippen LogP contribution in [-0.2, 0) is 6.18 Å². The molecule has 3 rings (SSSR count). The third-order valence-corrected chi connectivity index (χ3v) is 4.84. The van der Waals surface area contributed by atoms with Crippen molar-refractivity contribution in [2.75, 3.05) is 10.6 Å². The molecule has 0 saturated carbocycles. The van der Waals surface area contributed by atoms with Gasteiger partial charge in [0.15, 0.2) is 0 Å². The maximum absolute atomic E-state index is 12.7. The van der Waals surface area contributed by atoms with Crippen LogP contribution in [0.2, 0.25) is 0 Å². The van der Waals surface area contributed by atoms with Crippen molar-refractivity contribution in [1.82, 2.24) is 15.0 Å². The van der Waals surface area contributed by atoms with E-state index in [0.717, 1.165) is 17.2 Å². The van der Waals surface area contributed by atoms with Crippen molar-refractivity contribution in [3.8, 4) is 0 Å². The lowest BCUT2D eigenvalue weighted by Crippen LogP contribution is -2.13. The quantitative estimate of drug-likeness (QED) is 0.508. The van der Waals surface area contributed by atoms with Gasteiger partial charge in [-0.3, -0.25) is 9.78 Å². The lowest BCUT2D eigenvalue weighted by molar-refractivity contribution is -0.137. The minimum atomic E-state index is -4.46. The van der Waals surface area contributed by atoms with Crippen molar-refractivity contribution in [3.63, 3.8) is 0 Å². The van der Waals surface area contributed by atoms with Gasteiger partial charge < -0.3 is 10.6 Å². The van der Waals surface area contributed by atoms with E-state index >= 15 is 0 Å². The molecular weight excluding hydrogens is 415 g/mol. The molecule has 0 aliphatic rings. The number of halogens is 3. The second-order valence-corrected chi connectivity index (χ2v) is 8.10. The number of alkyl halides is 3. The predicted molar refractivity (Wildman–Crippen MR) is 110 cm³/mol. The van der Waals surface area contributed by atoms with Gasteiger partial charge in [0, 0.05) is 34.3 Å². The number of rotatable bonds is 6. The molecule has 3 aromatic rings. The summed E-state index contributed by atoms with van der Waals surface area (Å²) in [5.74, 6) is 0.0910. The molecule has 0 saturated heterocycles. The molecular formula is C20H18F3N5OS. The molecule has 0 atom stereocenters. The van der Waals surface area contributed by atoms with Crippen molar-refractivity contribution in [2.24, 2.45) is 0 Å². The van der Waals surface area contributed by atoms with Gasteiger partial charge >= 0.3 is 6.18 Å². The van der Waals surface area contributed by atoms with E-state index in [9.17, 15) is 18.0 Å². The summed E-state index contributed by atoms with van der Waals surface area (Å²) in [6, 6.07) is 6.97. The molecule has 0 bridgehead atoms. The van der Waals surface area contributed by atoms with Gasteiger partial charge in [0.25, 0.3) is 5.91 Å². The summed E-state index contributed by atoms with van der Waals surface area (Å²) in [4.78, 5) is 25.4. The van der Waals surface area contributed by atoms with Crippen molar-refractivity contribution in [2.45, 2.75) is 30.2 Å².